The highest BCUT2D eigenvalue weighted by atomic mass is 127. The third kappa shape index (κ3) is 4.36. The summed E-state index contributed by atoms with van der Waals surface area (Å²) in [7, 11) is 1.33. The van der Waals surface area contributed by atoms with Crippen LogP contribution in [0.3, 0.4) is 0 Å². The number of aliphatic imine (C=N–C) groups is 1. The monoisotopic (exact) mass is 612 g/mol. The summed E-state index contributed by atoms with van der Waals surface area (Å²) in [6, 6.07) is 4.29. The third-order valence-corrected chi connectivity index (χ3v) is 9.07. The molecule has 1 aromatic carbocycles. The SMILES string of the molecule is COC(=O)C1=C(CN2CC3(CC3)C[C@H]2C(=O)O)NC(c2nccs2)=N[C@H]1c1cccc(I)c1Cl. The van der Waals surface area contributed by atoms with E-state index in [9.17, 15) is 14.7 Å². The number of carboxylic acids is 1. The summed E-state index contributed by atoms with van der Waals surface area (Å²) in [6.07, 6.45) is 4.39. The zero-order chi connectivity index (χ0) is 24.0. The normalized spacial score (nSPS) is 23.6. The molecule has 3 heterocycles. The fourth-order valence-electron chi connectivity index (χ4n) is 4.77. The molecule has 0 amide bonds. The number of hydrogen-bond acceptors (Lipinski definition) is 8. The number of esters is 1. The fourth-order valence-corrected chi connectivity index (χ4v) is 6.11. The van der Waals surface area contributed by atoms with Gasteiger partial charge in [0.05, 0.1) is 17.7 Å². The lowest BCUT2D eigenvalue weighted by atomic mass is 9.95. The lowest BCUT2D eigenvalue weighted by molar-refractivity contribution is -0.142. The van der Waals surface area contributed by atoms with Crippen molar-refractivity contribution in [1.29, 1.82) is 0 Å². The summed E-state index contributed by atoms with van der Waals surface area (Å²) in [5.74, 6) is -0.854. The molecule has 3 aliphatic rings. The van der Waals surface area contributed by atoms with Crippen molar-refractivity contribution >= 4 is 63.3 Å². The summed E-state index contributed by atoms with van der Waals surface area (Å²) < 4.78 is 6.00. The van der Waals surface area contributed by atoms with Gasteiger partial charge in [-0.3, -0.25) is 14.7 Å². The second kappa shape index (κ2) is 9.21. The molecule has 34 heavy (non-hydrogen) atoms. The van der Waals surface area contributed by atoms with Gasteiger partial charge in [0.2, 0.25) is 0 Å². The van der Waals surface area contributed by atoms with E-state index in [2.05, 4.69) is 32.9 Å². The van der Waals surface area contributed by atoms with Gasteiger partial charge in [-0.05, 0) is 53.3 Å². The predicted molar refractivity (Wildman–Crippen MR) is 137 cm³/mol. The number of benzene rings is 1. The van der Waals surface area contributed by atoms with E-state index in [0.717, 1.165) is 16.4 Å². The molecule has 1 spiro atoms. The number of carbonyl (C=O) groups is 2. The van der Waals surface area contributed by atoms with Crippen LogP contribution in [0.5, 0.6) is 0 Å². The molecule has 0 bridgehead atoms. The standard InChI is InChI=1S/C23H22ClIN4O4S/c1-33-22(32)16-14(10-29-11-23(5-6-23)9-15(29)21(30)31)27-19(20-26-7-8-34-20)28-18(16)12-3-2-4-13(25)17(12)24/h2-4,7-8,15,18H,5-6,9-11H2,1H3,(H,27,28)(H,30,31)/t15-,18-/m0/s1. The van der Waals surface area contributed by atoms with Crippen molar-refractivity contribution in [3.05, 3.63) is 60.2 Å². The van der Waals surface area contributed by atoms with Crippen LogP contribution in [0, 0.1) is 8.99 Å². The van der Waals surface area contributed by atoms with Crippen molar-refractivity contribution in [3.63, 3.8) is 0 Å². The van der Waals surface area contributed by atoms with E-state index in [1.54, 1.807) is 6.20 Å². The molecule has 0 unspecified atom stereocenters. The second-order valence-electron chi connectivity index (χ2n) is 8.83. The molecule has 2 aliphatic heterocycles. The molecule has 5 rings (SSSR count). The maximum Gasteiger partial charge on any atom is 0.338 e. The Kier molecular flexibility index (Phi) is 6.42. The number of nitrogens with zero attached hydrogens (tertiary/aromatic N) is 3. The molecule has 2 N–H and O–H groups in total. The smallest absolute Gasteiger partial charge is 0.338 e. The van der Waals surface area contributed by atoms with Crippen molar-refractivity contribution in [2.45, 2.75) is 31.3 Å². The Morgan fingerprint density at radius 1 is 1.41 bits per heavy atom. The van der Waals surface area contributed by atoms with Gasteiger partial charge in [0.15, 0.2) is 10.8 Å². The Hall–Kier alpha value is -2.02. The highest BCUT2D eigenvalue weighted by Crippen LogP contribution is 2.55. The van der Waals surface area contributed by atoms with Gasteiger partial charge < -0.3 is 15.2 Å². The van der Waals surface area contributed by atoms with Gasteiger partial charge in [-0.25, -0.2) is 9.78 Å². The molecule has 1 saturated heterocycles. The number of nitrogens with one attached hydrogen (secondary N) is 1. The van der Waals surface area contributed by atoms with E-state index in [4.69, 9.17) is 21.3 Å². The third-order valence-electron chi connectivity index (χ3n) is 6.65. The molecule has 8 nitrogen and oxygen atoms in total. The first-order valence-electron chi connectivity index (χ1n) is 10.8. The summed E-state index contributed by atoms with van der Waals surface area (Å²) in [4.78, 5) is 36.3. The maximum absolute atomic E-state index is 13.1. The minimum atomic E-state index is -0.842. The van der Waals surface area contributed by atoms with Crippen LogP contribution in [0.15, 0.2) is 46.0 Å². The molecule has 178 valence electrons. The number of rotatable bonds is 6. The molecule has 2 aromatic rings. The highest BCUT2D eigenvalue weighted by molar-refractivity contribution is 14.1. The summed E-state index contributed by atoms with van der Waals surface area (Å²) in [6.45, 7) is 0.938. The lowest BCUT2D eigenvalue weighted by Gasteiger charge is -2.30. The number of ether oxygens (including phenoxy) is 1. The number of amidine groups is 1. The van der Waals surface area contributed by atoms with Crippen molar-refractivity contribution < 1.29 is 19.4 Å². The van der Waals surface area contributed by atoms with Crippen LogP contribution in [-0.4, -0.2) is 59.0 Å². The number of aliphatic carboxylic acids is 1. The number of carbonyl (C=O) groups excluding carboxylic acids is 1. The zero-order valence-electron chi connectivity index (χ0n) is 18.3. The van der Waals surface area contributed by atoms with E-state index in [-0.39, 0.29) is 12.0 Å². The van der Waals surface area contributed by atoms with E-state index in [1.165, 1.54) is 18.4 Å². The van der Waals surface area contributed by atoms with Crippen LogP contribution in [0.4, 0.5) is 0 Å². The molecule has 1 saturated carbocycles. The van der Waals surface area contributed by atoms with E-state index in [1.807, 2.05) is 28.5 Å². The molecular formula is C23H22ClIN4O4S. The summed E-state index contributed by atoms with van der Waals surface area (Å²) in [5.41, 5.74) is 1.65. The second-order valence-corrected chi connectivity index (χ2v) is 11.3. The number of carboxylic acid groups (broad SMARTS) is 1. The average Bonchev–Trinajstić information content (AvgIpc) is 3.20. The summed E-state index contributed by atoms with van der Waals surface area (Å²) in [5, 5.41) is 16.2. The number of thiazole rings is 1. The van der Waals surface area contributed by atoms with Crippen molar-refractivity contribution in [3.8, 4) is 0 Å². The van der Waals surface area contributed by atoms with E-state index in [0.29, 0.717) is 45.7 Å². The minimum Gasteiger partial charge on any atom is -0.480 e. The van der Waals surface area contributed by atoms with Gasteiger partial charge in [0, 0.05) is 39.5 Å². The van der Waals surface area contributed by atoms with Crippen LogP contribution >= 0.6 is 45.5 Å². The number of hydrogen-bond donors (Lipinski definition) is 2. The molecule has 2 fully saturated rings. The van der Waals surface area contributed by atoms with Crippen molar-refractivity contribution in [2.75, 3.05) is 20.2 Å². The highest BCUT2D eigenvalue weighted by Gasteiger charge is 2.54. The molecule has 11 heteroatoms. The lowest BCUT2D eigenvalue weighted by Crippen LogP contribution is -2.43. The Morgan fingerprint density at radius 3 is 2.85 bits per heavy atom. The Balaban J connectivity index is 1.61. The molecular weight excluding hydrogens is 591 g/mol. The largest absolute Gasteiger partial charge is 0.480 e. The Bertz CT molecular complexity index is 1210. The number of halogens is 2. The van der Waals surface area contributed by atoms with E-state index < -0.39 is 24.0 Å². The van der Waals surface area contributed by atoms with E-state index >= 15 is 0 Å². The Labute approximate surface area is 219 Å². The van der Waals surface area contributed by atoms with Crippen LogP contribution in [0.2, 0.25) is 5.02 Å². The number of methoxy groups -OCH3 is 1. The zero-order valence-corrected chi connectivity index (χ0v) is 22.0. The molecule has 2 atom stereocenters. The average molecular weight is 613 g/mol. The van der Waals surface area contributed by atoms with Gasteiger partial charge in [0.1, 0.15) is 12.1 Å². The van der Waals surface area contributed by atoms with Crippen LogP contribution in [0.1, 0.15) is 35.9 Å². The van der Waals surface area contributed by atoms with Gasteiger partial charge in [0.25, 0.3) is 0 Å². The quantitative estimate of drug-likeness (QED) is 0.377. The van der Waals surface area contributed by atoms with Gasteiger partial charge in [-0.2, -0.15) is 0 Å². The first-order valence-corrected chi connectivity index (χ1v) is 13.1. The van der Waals surface area contributed by atoms with Gasteiger partial charge in [-0.15, -0.1) is 11.3 Å². The Morgan fingerprint density at radius 2 is 2.21 bits per heavy atom. The molecule has 0 radical (unpaired) electrons. The van der Waals surface area contributed by atoms with Crippen LogP contribution in [-0.2, 0) is 14.3 Å². The van der Waals surface area contributed by atoms with Crippen molar-refractivity contribution in [1.82, 2.24) is 15.2 Å². The fraction of sp³-hybridized carbons (Fsp3) is 0.391. The first kappa shape index (κ1) is 23.7. The number of aromatic nitrogens is 1. The number of likely N-dealkylation sites (tertiary alicyclic amines) is 1. The molecule has 1 aliphatic carbocycles. The topological polar surface area (TPSA) is 104 Å². The first-order chi connectivity index (χ1) is 16.3. The van der Waals surface area contributed by atoms with Crippen molar-refractivity contribution in [2.24, 2.45) is 10.4 Å². The summed E-state index contributed by atoms with van der Waals surface area (Å²) >= 11 is 10.2. The van der Waals surface area contributed by atoms with Crippen LogP contribution in [0.25, 0.3) is 0 Å². The van der Waals surface area contributed by atoms with Gasteiger partial charge >= 0.3 is 11.9 Å². The maximum atomic E-state index is 13.1. The predicted octanol–water partition coefficient (Wildman–Crippen LogP) is 3.86. The molecule has 1 aromatic heterocycles. The van der Waals surface area contributed by atoms with Crippen LogP contribution < -0.4 is 5.32 Å². The van der Waals surface area contributed by atoms with Gasteiger partial charge in [-0.1, -0.05) is 23.7 Å². The minimum absolute atomic E-state index is 0.0776.